The SMILES string of the molecule is CN(CC(=O)c1cnccn1)C1CCNCC1. The van der Waals surface area contributed by atoms with E-state index in [0.717, 1.165) is 25.9 Å². The van der Waals surface area contributed by atoms with E-state index in [1.807, 2.05) is 7.05 Å². The zero-order chi connectivity index (χ0) is 12.1. The molecule has 1 aliphatic rings. The Morgan fingerprint density at radius 2 is 2.24 bits per heavy atom. The summed E-state index contributed by atoms with van der Waals surface area (Å²) in [5.41, 5.74) is 0.452. The Balaban J connectivity index is 1.89. The molecule has 5 heteroatoms. The maximum absolute atomic E-state index is 11.9. The fraction of sp³-hybridized carbons (Fsp3) is 0.583. The smallest absolute Gasteiger partial charge is 0.196 e. The van der Waals surface area contributed by atoms with Crippen LogP contribution >= 0.6 is 0 Å². The Hall–Kier alpha value is -1.33. The average molecular weight is 234 g/mol. The summed E-state index contributed by atoms with van der Waals surface area (Å²) < 4.78 is 0. The van der Waals surface area contributed by atoms with Crippen LogP contribution in [0.25, 0.3) is 0 Å². The number of hydrogen-bond donors (Lipinski definition) is 1. The molecule has 17 heavy (non-hydrogen) atoms. The molecule has 0 bridgehead atoms. The number of carbonyl (C=O) groups excluding carboxylic acids is 1. The van der Waals surface area contributed by atoms with E-state index in [1.54, 1.807) is 12.4 Å². The van der Waals surface area contributed by atoms with Crippen molar-refractivity contribution in [3.8, 4) is 0 Å². The van der Waals surface area contributed by atoms with Gasteiger partial charge in [-0.1, -0.05) is 0 Å². The van der Waals surface area contributed by atoms with Crippen LogP contribution in [-0.4, -0.2) is 53.4 Å². The minimum Gasteiger partial charge on any atom is -0.317 e. The molecule has 1 N–H and O–H groups in total. The zero-order valence-electron chi connectivity index (χ0n) is 10.1. The molecule has 1 aliphatic heterocycles. The third-order valence-electron chi connectivity index (χ3n) is 3.17. The normalized spacial score (nSPS) is 17.3. The molecule has 0 amide bonds. The lowest BCUT2D eigenvalue weighted by molar-refractivity contribution is 0.0898. The first kappa shape index (κ1) is 12.1. The highest BCUT2D eigenvalue weighted by Crippen LogP contribution is 2.10. The number of Topliss-reactive ketones (excluding diaryl/α,β-unsaturated/α-hetero) is 1. The van der Waals surface area contributed by atoms with Gasteiger partial charge in [0.2, 0.25) is 0 Å². The first-order valence-electron chi connectivity index (χ1n) is 5.97. The molecule has 0 aliphatic carbocycles. The van der Waals surface area contributed by atoms with Crippen molar-refractivity contribution in [3.05, 3.63) is 24.3 Å². The highest BCUT2D eigenvalue weighted by atomic mass is 16.1. The summed E-state index contributed by atoms with van der Waals surface area (Å²) in [6.07, 6.45) is 6.86. The summed E-state index contributed by atoms with van der Waals surface area (Å²) in [6.45, 7) is 2.49. The molecule has 92 valence electrons. The highest BCUT2D eigenvalue weighted by Gasteiger charge is 2.20. The quantitative estimate of drug-likeness (QED) is 0.761. The number of ketones is 1. The maximum atomic E-state index is 11.9. The molecule has 1 fully saturated rings. The van der Waals surface area contributed by atoms with Gasteiger partial charge in [0.05, 0.1) is 12.7 Å². The zero-order valence-corrected chi connectivity index (χ0v) is 10.1. The summed E-state index contributed by atoms with van der Waals surface area (Å²) in [6, 6.07) is 0.497. The third kappa shape index (κ3) is 3.31. The number of nitrogens with one attached hydrogen (secondary N) is 1. The van der Waals surface area contributed by atoms with Gasteiger partial charge >= 0.3 is 0 Å². The van der Waals surface area contributed by atoms with E-state index in [9.17, 15) is 4.79 Å². The van der Waals surface area contributed by atoms with Gasteiger partial charge in [-0.3, -0.25) is 14.7 Å². The van der Waals surface area contributed by atoms with E-state index >= 15 is 0 Å². The molecule has 0 saturated carbocycles. The molecule has 2 rings (SSSR count). The minimum atomic E-state index is 0.0409. The molecule has 0 unspecified atom stereocenters. The Labute approximate surface area is 101 Å². The van der Waals surface area contributed by atoms with Crippen LogP contribution < -0.4 is 5.32 Å². The second kappa shape index (κ2) is 5.84. The third-order valence-corrected chi connectivity index (χ3v) is 3.17. The predicted octanol–water partition coefficient (Wildman–Crippen LogP) is 0.343. The van der Waals surface area contributed by atoms with Crippen molar-refractivity contribution >= 4 is 5.78 Å². The van der Waals surface area contributed by atoms with Crippen molar-refractivity contribution < 1.29 is 4.79 Å². The van der Waals surface area contributed by atoms with E-state index in [0.29, 0.717) is 18.3 Å². The van der Waals surface area contributed by atoms with Crippen LogP contribution in [0.2, 0.25) is 0 Å². The van der Waals surface area contributed by atoms with Gasteiger partial charge < -0.3 is 5.32 Å². The summed E-state index contributed by atoms with van der Waals surface area (Å²) in [7, 11) is 2.00. The molecule has 0 radical (unpaired) electrons. The number of rotatable bonds is 4. The standard InChI is InChI=1S/C12H18N4O/c1-16(10-2-4-13-5-3-10)9-12(17)11-8-14-6-7-15-11/h6-8,10,13H,2-5,9H2,1H3. The lowest BCUT2D eigenvalue weighted by Gasteiger charge is -2.30. The van der Waals surface area contributed by atoms with Crippen LogP contribution in [0.3, 0.4) is 0 Å². The Bertz CT molecular complexity index is 362. The average Bonchev–Trinajstić information content (AvgIpc) is 2.40. The topological polar surface area (TPSA) is 58.1 Å². The molecule has 0 aromatic carbocycles. The number of hydrogen-bond acceptors (Lipinski definition) is 5. The first-order valence-corrected chi connectivity index (χ1v) is 5.97. The van der Waals surface area contributed by atoms with Gasteiger partial charge in [0, 0.05) is 18.4 Å². The van der Waals surface area contributed by atoms with Crippen molar-refractivity contribution in [2.24, 2.45) is 0 Å². The Morgan fingerprint density at radius 1 is 1.47 bits per heavy atom. The molecule has 1 saturated heterocycles. The fourth-order valence-corrected chi connectivity index (χ4v) is 2.13. The molecular weight excluding hydrogens is 216 g/mol. The molecule has 1 aromatic rings. The van der Waals surface area contributed by atoms with E-state index in [2.05, 4.69) is 20.2 Å². The Kier molecular flexibility index (Phi) is 4.17. The van der Waals surface area contributed by atoms with Gasteiger partial charge in [-0.2, -0.15) is 0 Å². The van der Waals surface area contributed by atoms with Crippen LogP contribution in [0, 0.1) is 0 Å². The summed E-state index contributed by atoms with van der Waals surface area (Å²) in [5, 5.41) is 3.32. The van der Waals surface area contributed by atoms with Gasteiger partial charge in [0.15, 0.2) is 5.78 Å². The molecule has 0 atom stereocenters. The summed E-state index contributed by atoms with van der Waals surface area (Å²) in [5.74, 6) is 0.0409. The van der Waals surface area contributed by atoms with Crippen molar-refractivity contribution in [2.45, 2.75) is 18.9 Å². The van der Waals surface area contributed by atoms with E-state index in [4.69, 9.17) is 0 Å². The van der Waals surface area contributed by atoms with Crippen LogP contribution in [-0.2, 0) is 0 Å². The maximum Gasteiger partial charge on any atom is 0.196 e. The lowest BCUT2D eigenvalue weighted by Crippen LogP contribution is -2.43. The molecular formula is C12H18N4O. The van der Waals surface area contributed by atoms with Crippen LogP contribution in [0.15, 0.2) is 18.6 Å². The van der Waals surface area contributed by atoms with Crippen LogP contribution in [0.1, 0.15) is 23.3 Å². The van der Waals surface area contributed by atoms with Gasteiger partial charge in [0.1, 0.15) is 5.69 Å². The fourth-order valence-electron chi connectivity index (χ4n) is 2.13. The van der Waals surface area contributed by atoms with Gasteiger partial charge in [-0.25, -0.2) is 4.98 Å². The predicted molar refractivity (Wildman–Crippen MR) is 64.9 cm³/mol. The molecule has 0 spiro atoms. The van der Waals surface area contributed by atoms with Crippen LogP contribution in [0.5, 0.6) is 0 Å². The number of aromatic nitrogens is 2. The second-order valence-electron chi connectivity index (χ2n) is 4.41. The van der Waals surface area contributed by atoms with Gasteiger partial charge in [0.25, 0.3) is 0 Å². The molecule has 2 heterocycles. The van der Waals surface area contributed by atoms with E-state index in [-0.39, 0.29) is 5.78 Å². The largest absolute Gasteiger partial charge is 0.317 e. The number of carbonyl (C=O) groups is 1. The van der Waals surface area contributed by atoms with Gasteiger partial charge in [-0.15, -0.1) is 0 Å². The van der Waals surface area contributed by atoms with Crippen molar-refractivity contribution in [1.82, 2.24) is 20.2 Å². The number of piperidine rings is 1. The second-order valence-corrected chi connectivity index (χ2v) is 4.41. The van der Waals surface area contributed by atoms with Crippen molar-refractivity contribution in [2.75, 3.05) is 26.7 Å². The van der Waals surface area contributed by atoms with Crippen molar-refractivity contribution in [3.63, 3.8) is 0 Å². The number of nitrogens with zero attached hydrogens (tertiary/aromatic N) is 3. The molecule has 1 aromatic heterocycles. The van der Waals surface area contributed by atoms with Gasteiger partial charge in [-0.05, 0) is 33.0 Å². The first-order chi connectivity index (χ1) is 8.27. The highest BCUT2D eigenvalue weighted by molar-refractivity contribution is 5.95. The lowest BCUT2D eigenvalue weighted by atomic mass is 10.1. The van der Waals surface area contributed by atoms with Crippen LogP contribution in [0.4, 0.5) is 0 Å². The summed E-state index contributed by atoms with van der Waals surface area (Å²) >= 11 is 0. The monoisotopic (exact) mass is 234 g/mol. The minimum absolute atomic E-state index is 0.0409. The summed E-state index contributed by atoms with van der Waals surface area (Å²) in [4.78, 5) is 22.0. The number of likely N-dealkylation sites (N-methyl/N-ethyl adjacent to an activating group) is 1. The van der Waals surface area contributed by atoms with E-state index in [1.165, 1.54) is 6.20 Å². The van der Waals surface area contributed by atoms with Crippen molar-refractivity contribution in [1.29, 1.82) is 0 Å². The molecule has 5 nitrogen and oxygen atoms in total. The Morgan fingerprint density at radius 3 is 2.88 bits per heavy atom. The van der Waals surface area contributed by atoms with E-state index < -0.39 is 0 Å².